The van der Waals surface area contributed by atoms with E-state index in [1.165, 1.54) is 0 Å². The molecule has 1 aromatic rings. The Labute approximate surface area is 120 Å². The summed E-state index contributed by atoms with van der Waals surface area (Å²) in [5.41, 5.74) is 4.59. The van der Waals surface area contributed by atoms with Gasteiger partial charge in [-0.05, 0) is 46.6 Å². The normalized spacial score (nSPS) is 11.4. The molecular formula is C14H25N3O3. The fourth-order valence-electron chi connectivity index (χ4n) is 1.70. The standard InChI is InChI=1S/C14H25N3O3/c1-4-19-13(18)14(2,3)17-11-12(10-16-17)20-9-7-5-6-8-15/h10-11H,4-9,15H2,1-3H3. The summed E-state index contributed by atoms with van der Waals surface area (Å²) in [7, 11) is 0. The van der Waals surface area contributed by atoms with Gasteiger partial charge in [0, 0.05) is 0 Å². The minimum absolute atomic E-state index is 0.308. The number of carbonyl (C=O) groups is 1. The molecule has 0 radical (unpaired) electrons. The average Bonchev–Trinajstić information content (AvgIpc) is 2.88. The van der Waals surface area contributed by atoms with Gasteiger partial charge in [0.2, 0.25) is 0 Å². The molecule has 0 bridgehead atoms. The minimum atomic E-state index is -0.836. The average molecular weight is 283 g/mol. The lowest BCUT2D eigenvalue weighted by molar-refractivity contribution is -0.152. The van der Waals surface area contributed by atoms with Gasteiger partial charge in [-0.1, -0.05) is 0 Å². The number of ether oxygens (including phenoxy) is 2. The van der Waals surface area contributed by atoms with Crippen molar-refractivity contribution in [3.8, 4) is 5.75 Å². The van der Waals surface area contributed by atoms with E-state index in [9.17, 15) is 4.79 Å². The Kier molecular flexibility index (Phi) is 6.51. The number of nitrogens with two attached hydrogens (primary N) is 1. The molecule has 1 rings (SSSR count). The second-order valence-corrected chi connectivity index (χ2v) is 5.10. The Morgan fingerprint density at radius 1 is 1.40 bits per heavy atom. The lowest BCUT2D eigenvalue weighted by Gasteiger charge is -2.22. The zero-order valence-corrected chi connectivity index (χ0v) is 12.6. The number of rotatable bonds is 9. The van der Waals surface area contributed by atoms with Crippen molar-refractivity contribution < 1.29 is 14.3 Å². The summed E-state index contributed by atoms with van der Waals surface area (Å²) >= 11 is 0. The van der Waals surface area contributed by atoms with Crippen LogP contribution in [0.4, 0.5) is 0 Å². The van der Waals surface area contributed by atoms with Crippen molar-refractivity contribution in [3.05, 3.63) is 12.4 Å². The molecule has 0 saturated carbocycles. The fraction of sp³-hybridized carbons (Fsp3) is 0.714. The zero-order valence-electron chi connectivity index (χ0n) is 12.6. The van der Waals surface area contributed by atoms with Crippen LogP contribution in [0.2, 0.25) is 0 Å². The summed E-state index contributed by atoms with van der Waals surface area (Å²) in [6, 6.07) is 0. The summed E-state index contributed by atoms with van der Waals surface area (Å²) in [5.74, 6) is 0.354. The van der Waals surface area contributed by atoms with E-state index in [2.05, 4.69) is 5.10 Å². The molecule has 20 heavy (non-hydrogen) atoms. The van der Waals surface area contributed by atoms with Gasteiger partial charge in [-0.2, -0.15) is 5.10 Å². The van der Waals surface area contributed by atoms with Crippen molar-refractivity contribution in [1.82, 2.24) is 9.78 Å². The maximum absolute atomic E-state index is 11.9. The fourth-order valence-corrected chi connectivity index (χ4v) is 1.70. The molecule has 0 atom stereocenters. The van der Waals surface area contributed by atoms with Crippen molar-refractivity contribution >= 4 is 5.97 Å². The summed E-state index contributed by atoms with van der Waals surface area (Å²) in [6.07, 6.45) is 6.37. The van der Waals surface area contributed by atoms with Gasteiger partial charge in [-0.25, -0.2) is 4.79 Å². The molecule has 6 nitrogen and oxygen atoms in total. The highest BCUT2D eigenvalue weighted by Crippen LogP contribution is 2.20. The van der Waals surface area contributed by atoms with E-state index in [1.807, 2.05) is 0 Å². The second kappa shape index (κ2) is 7.89. The maximum atomic E-state index is 11.9. The molecule has 0 amide bonds. The van der Waals surface area contributed by atoms with Crippen LogP contribution in [-0.2, 0) is 15.1 Å². The van der Waals surface area contributed by atoms with Gasteiger partial charge in [0.05, 0.1) is 25.6 Å². The maximum Gasteiger partial charge on any atom is 0.333 e. The molecule has 0 aliphatic rings. The number of hydrogen-bond donors (Lipinski definition) is 1. The zero-order chi connectivity index (χ0) is 15.0. The third-order valence-corrected chi connectivity index (χ3v) is 3.02. The van der Waals surface area contributed by atoms with E-state index in [4.69, 9.17) is 15.2 Å². The Morgan fingerprint density at radius 3 is 2.80 bits per heavy atom. The van der Waals surface area contributed by atoms with Crippen LogP contribution in [0.3, 0.4) is 0 Å². The predicted molar refractivity (Wildman–Crippen MR) is 76.6 cm³/mol. The van der Waals surface area contributed by atoms with E-state index >= 15 is 0 Å². The molecule has 0 spiro atoms. The first-order valence-corrected chi connectivity index (χ1v) is 7.07. The van der Waals surface area contributed by atoms with Crippen LogP contribution in [0.5, 0.6) is 5.75 Å². The highest BCUT2D eigenvalue weighted by molar-refractivity contribution is 5.77. The van der Waals surface area contributed by atoms with E-state index in [1.54, 1.807) is 37.8 Å². The highest BCUT2D eigenvalue weighted by atomic mass is 16.5. The minimum Gasteiger partial charge on any atom is -0.490 e. The number of nitrogens with zero attached hydrogens (tertiary/aromatic N) is 2. The van der Waals surface area contributed by atoms with Gasteiger partial charge in [0.1, 0.15) is 0 Å². The summed E-state index contributed by atoms with van der Waals surface area (Å²) in [6.45, 7) is 7.02. The lowest BCUT2D eigenvalue weighted by atomic mass is 10.1. The molecule has 2 N–H and O–H groups in total. The topological polar surface area (TPSA) is 79.4 Å². The van der Waals surface area contributed by atoms with Crippen LogP contribution in [-0.4, -0.2) is 35.5 Å². The Hall–Kier alpha value is -1.56. The summed E-state index contributed by atoms with van der Waals surface area (Å²) in [4.78, 5) is 11.9. The highest BCUT2D eigenvalue weighted by Gasteiger charge is 2.32. The largest absolute Gasteiger partial charge is 0.490 e. The first kappa shape index (κ1) is 16.5. The van der Waals surface area contributed by atoms with Crippen molar-refractivity contribution in [3.63, 3.8) is 0 Å². The Bertz CT molecular complexity index is 416. The van der Waals surface area contributed by atoms with Gasteiger partial charge in [0.15, 0.2) is 11.3 Å². The van der Waals surface area contributed by atoms with Gasteiger partial charge in [0.25, 0.3) is 0 Å². The first-order valence-electron chi connectivity index (χ1n) is 7.07. The van der Waals surface area contributed by atoms with Crippen LogP contribution in [0.1, 0.15) is 40.0 Å². The van der Waals surface area contributed by atoms with Crippen molar-refractivity contribution in [2.45, 2.75) is 45.6 Å². The van der Waals surface area contributed by atoms with Crippen LogP contribution < -0.4 is 10.5 Å². The van der Waals surface area contributed by atoms with Crippen LogP contribution in [0.25, 0.3) is 0 Å². The molecule has 1 heterocycles. The summed E-state index contributed by atoms with van der Waals surface area (Å²) < 4.78 is 12.2. The molecule has 0 fully saturated rings. The van der Waals surface area contributed by atoms with Crippen LogP contribution >= 0.6 is 0 Å². The molecule has 0 aliphatic heterocycles. The molecular weight excluding hydrogens is 258 g/mol. The Balaban J connectivity index is 2.51. The number of hydrogen-bond acceptors (Lipinski definition) is 5. The van der Waals surface area contributed by atoms with Gasteiger partial charge in [-0.15, -0.1) is 0 Å². The third-order valence-electron chi connectivity index (χ3n) is 3.02. The van der Waals surface area contributed by atoms with Crippen molar-refractivity contribution in [2.75, 3.05) is 19.8 Å². The third kappa shape index (κ3) is 4.52. The van der Waals surface area contributed by atoms with Gasteiger partial charge >= 0.3 is 5.97 Å². The number of esters is 1. The van der Waals surface area contributed by atoms with E-state index in [0.717, 1.165) is 19.3 Å². The molecule has 0 unspecified atom stereocenters. The molecule has 6 heteroatoms. The van der Waals surface area contributed by atoms with Crippen LogP contribution in [0.15, 0.2) is 12.4 Å². The predicted octanol–water partition coefficient (Wildman–Crippen LogP) is 1.69. The second-order valence-electron chi connectivity index (χ2n) is 5.10. The molecule has 0 aliphatic carbocycles. The Morgan fingerprint density at radius 2 is 2.15 bits per heavy atom. The van der Waals surface area contributed by atoms with Crippen molar-refractivity contribution in [2.24, 2.45) is 5.73 Å². The SMILES string of the molecule is CCOC(=O)C(C)(C)n1cc(OCCCCCN)cn1. The van der Waals surface area contributed by atoms with E-state index < -0.39 is 5.54 Å². The van der Waals surface area contributed by atoms with Gasteiger partial charge < -0.3 is 15.2 Å². The number of unbranched alkanes of at least 4 members (excludes halogenated alkanes) is 2. The number of carbonyl (C=O) groups excluding carboxylic acids is 1. The van der Waals surface area contributed by atoms with Crippen LogP contribution in [0, 0.1) is 0 Å². The van der Waals surface area contributed by atoms with Gasteiger partial charge in [-0.3, -0.25) is 4.68 Å². The molecule has 114 valence electrons. The quantitative estimate of drug-likeness (QED) is 0.551. The monoisotopic (exact) mass is 283 g/mol. The number of aromatic nitrogens is 2. The molecule has 0 aromatic carbocycles. The molecule has 1 aromatic heterocycles. The summed E-state index contributed by atoms with van der Waals surface area (Å²) in [5, 5.41) is 4.18. The molecule has 0 saturated heterocycles. The first-order chi connectivity index (χ1) is 9.52. The van der Waals surface area contributed by atoms with Crippen molar-refractivity contribution in [1.29, 1.82) is 0 Å². The van der Waals surface area contributed by atoms with E-state index in [-0.39, 0.29) is 5.97 Å². The smallest absolute Gasteiger partial charge is 0.333 e. The lowest BCUT2D eigenvalue weighted by Crippen LogP contribution is -2.37. The van der Waals surface area contributed by atoms with E-state index in [0.29, 0.717) is 25.5 Å².